The van der Waals surface area contributed by atoms with Crippen molar-refractivity contribution in [1.29, 1.82) is 0 Å². The van der Waals surface area contributed by atoms with Gasteiger partial charge in [0.05, 0.1) is 11.4 Å². The Morgan fingerprint density at radius 1 is 0.773 bits per heavy atom. The van der Waals surface area contributed by atoms with Gasteiger partial charge < -0.3 is 21.3 Å². The monoisotopic (exact) mass is 303 g/mol. The summed E-state index contributed by atoms with van der Waals surface area (Å²) in [7, 11) is 0. The Hall–Kier alpha value is -1.01. The van der Waals surface area contributed by atoms with E-state index in [2.05, 4.69) is 39.5 Å². The lowest BCUT2D eigenvalue weighted by Gasteiger charge is -2.33. The van der Waals surface area contributed by atoms with Gasteiger partial charge in [-0.1, -0.05) is 18.9 Å². The largest absolute Gasteiger partial charge is 0.311 e. The van der Waals surface area contributed by atoms with Gasteiger partial charge >= 0.3 is 0 Å². The first-order chi connectivity index (χ1) is 10.9. The quantitative estimate of drug-likeness (QED) is 0.570. The van der Waals surface area contributed by atoms with Gasteiger partial charge in [0.15, 0.2) is 0 Å². The Kier molecular flexibility index (Phi) is 6.19. The molecular formula is C17H29N5. The summed E-state index contributed by atoms with van der Waals surface area (Å²) in [5, 5.41) is 14.5. The molecule has 4 N–H and O–H groups in total. The molecule has 0 saturated heterocycles. The number of pyridine rings is 1. The first-order valence-corrected chi connectivity index (χ1v) is 8.75. The number of nitrogens with zero attached hydrogens (tertiary/aromatic N) is 1. The van der Waals surface area contributed by atoms with E-state index in [0.29, 0.717) is 12.1 Å². The van der Waals surface area contributed by atoms with Crippen molar-refractivity contribution >= 4 is 0 Å². The predicted molar refractivity (Wildman–Crippen MR) is 89.7 cm³/mol. The maximum absolute atomic E-state index is 4.69. The second-order valence-corrected chi connectivity index (χ2v) is 6.38. The minimum atomic E-state index is 0.625. The van der Waals surface area contributed by atoms with Gasteiger partial charge in [-0.25, -0.2) is 0 Å². The van der Waals surface area contributed by atoms with Crippen LogP contribution in [0.2, 0.25) is 0 Å². The van der Waals surface area contributed by atoms with E-state index in [-0.39, 0.29) is 0 Å². The van der Waals surface area contributed by atoms with Crippen LogP contribution >= 0.6 is 0 Å². The van der Waals surface area contributed by atoms with Gasteiger partial charge in [0.1, 0.15) is 0 Å². The van der Waals surface area contributed by atoms with E-state index >= 15 is 0 Å². The molecule has 2 unspecified atom stereocenters. The van der Waals surface area contributed by atoms with Crippen LogP contribution in [0.15, 0.2) is 18.2 Å². The molecule has 122 valence electrons. The first-order valence-electron chi connectivity index (χ1n) is 8.75. The smallest absolute Gasteiger partial charge is 0.0545 e. The number of rotatable bonds is 0. The van der Waals surface area contributed by atoms with Gasteiger partial charge in [-0.2, -0.15) is 0 Å². The Bertz CT molecular complexity index is 413. The summed E-state index contributed by atoms with van der Waals surface area (Å²) in [6.07, 6.45) is 5.31. The second kappa shape index (κ2) is 8.58. The van der Waals surface area contributed by atoms with Crippen molar-refractivity contribution < 1.29 is 0 Å². The molecule has 0 spiro atoms. The van der Waals surface area contributed by atoms with Crippen molar-refractivity contribution in [3.8, 4) is 0 Å². The summed E-state index contributed by atoms with van der Waals surface area (Å²) in [6, 6.07) is 7.55. The highest BCUT2D eigenvalue weighted by Crippen LogP contribution is 2.18. The van der Waals surface area contributed by atoms with E-state index in [4.69, 9.17) is 4.98 Å². The second-order valence-electron chi connectivity index (χ2n) is 6.38. The van der Waals surface area contributed by atoms with Crippen molar-refractivity contribution in [1.82, 2.24) is 26.3 Å². The van der Waals surface area contributed by atoms with Crippen LogP contribution < -0.4 is 21.3 Å². The number of aromatic nitrogens is 1. The van der Waals surface area contributed by atoms with Crippen LogP contribution in [0.1, 0.15) is 37.1 Å². The average molecular weight is 303 g/mol. The molecule has 1 aromatic heterocycles. The number of nitrogens with one attached hydrogen (secondary N) is 4. The summed E-state index contributed by atoms with van der Waals surface area (Å²) in [6.45, 7) is 5.74. The zero-order valence-corrected chi connectivity index (χ0v) is 13.4. The molecule has 22 heavy (non-hydrogen) atoms. The number of hydrogen-bond donors (Lipinski definition) is 4. The van der Waals surface area contributed by atoms with Crippen LogP contribution in [-0.4, -0.2) is 43.2 Å². The molecule has 2 heterocycles. The molecule has 1 aliphatic heterocycles. The maximum Gasteiger partial charge on any atom is 0.0545 e. The number of fused-ring (bicyclic) bond motifs is 3. The van der Waals surface area contributed by atoms with Crippen molar-refractivity contribution in [3.05, 3.63) is 29.6 Å². The molecule has 0 radical (unpaired) electrons. The van der Waals surface area contributed by atoms with E-state index in [1.54, 1.807) is 0 Å². The van der Waals surface area contributed by atoms with Crippen LogP contribution in [0.5, 0.6) is 0 Å². The standard InChI is InChI=1S/C17H29N5/c1-2-7-17-16(6-1)20-10-8-18-12-14-4-3-5-15(22-14)13-19-9-11-21-17/h3-5,16-21H,1-2,6-13H2. The van der Waals surface area contributed by atoms with Crippen LogP contribution in [-0.2, 0) is 13.1 Å². The highest BCUT2D eigenvalue weighted by Gasteiger charge is 2.23. The lowest BCUT2D eigenvalue weighted by atomic mass is 9.90. The van der Waals surface area contributed by atoms with E-state index in [9.17, 15) is 0 Å². The molecule has 5 heteroatoms. The fourth-order valence-corrected chi connectivity index (χ4v) is 3.47. The van der Waals surface area contributed by atoms with Crippen LogP contribution in [0, 0.1) is 0 Å². The van der Waals surface area contributed by atoms with E-state index in [1.165, 1.54) is 25.7 Å². The Balaban J connectivity index is 1.58. The zero-order chi connectivity index (χ0) is 15.0. The van der Waals surface area contributed by atoms with Gasteiger partial charge in [0.2, 0.25) is 0 Å². The van der Waals surface area contributed by atoms with Crippen molar-refractivity contribution in [2.24, 2.45) is 0 Å². The molecule has 1 fully saturated rings. The minimum Gasteiger partial charge on any atom is -0.311 e. The lowest BCUT2D eigenvalue weighted by Crippen LogP contribution is -2.52. The Morgan fingerprint density at radius 3 is 1.86 bits per heavy atom. The molecule has 2 atom stereocenters. The topological polar surface area (TPSA) is 61.0 Å². The minimum absolute atomic E-state index is 0.625. The van der Waals surface area contributed by atoms with Gasteiger partial charge in [0, 0.05) is 51.4 Å². The molecule has 3 rings (SSSR count). The molecule has 1 aromatic rings. The first kappa shape index (κ1) is 15.9. The van der Waals surface area contributed by atoms with Crippen molar-refractivity contribution in [2.75, 3.05) is 26.2 Å². The van der Waals surface area contributed by atoms with Crippen LogP contribution in [0.3, 0.4) is 0 Å². The van der Waals surface area contributed by atoms with Crippen LogP contribution in [0.25, 0.3) is 0 Å². The molecular weight excluding hydrogens is 274 g/mol. The van der Waals surface area contributed by atoms with E-state index < -0.39 is 0 Å². The SMILES string of the molecule is c1cc2nc(c1)CNCCNC1CCCCC1NCCNC2. The molecule has 2 aliphatic rings. The number of hydrogen-bond acceptors (Lipinski definition) is 5. The summed E-state index contributed by atoms with van der Waals surface area (Å²) >= 11 is 0. The lowest BCUT2D eigenvalue weighted by molar-refractivity contribution is 0.284. The highest BCUT2D eigenvalue weighted by molar-refractivity contribution is 5.11. The predicted octanol–water partition coefficient (Wildman–Crippen LogP) is 0.765. The summed E-state index contributed by atoms with van der Waals surface area (Å²) in [5.74, 6) is 0. The van der Waals surface area contributed by atoms with Gasteiger partial charge in [0.25, 0.3) is 0 Å². The zero-order valence-electron chi connectivity index (χ0n) is 13.4. The third-order valence-electron chi connectivity index (χ3n) is 4.66. The fourth-order valence-electron chi connectivity index (χ4n) is 3.47. The van der Waals surface area contributed by atoms with Gasteiger partial charge in [-0.3, -0.25) is 4.98 Å². The van der Waals surface area contributed by atoms with Gasteiger partial charge in [-0.05, 0) is 25.0 Å². The average Bonchev–Trinajstić information content (AvgIpc) is 2.55. The molecule has 1 saturated carbocycles. The molecule has 0 amide bonds. The Labute approximate surface area is 133 Å². The van der Waals surface area contributed by atoms with Gasteiger partial charge in [-0.15, -0.1) is 0 Å². The summed E-state index contributed by atoms with van der Waals surface area (Å²) in [5.41, 5.74) is 2.26. The summed E-state index contributed by atoms with van der Waals surface area (Å²) < 4.78 is 0. The van der Waals surface area contributed by atoms with E-state index in [1.807, 2.05) is 0 Å². The van der Waals surface area contributed by atoms with Crippen LogP contribution in [0.4, 0.5) is 0 Å². The highest BCUT2D eigenvalue weighted by atomic mass is 15.1. The van der Waals surface area contributed by atoms with Crippen molar-refractivity contribution in [2.45, 2.75) is 50.9 Å². The summed E-state index contributed by atoms with van der Waals surface area (Å²) in [4.78, 5) is 4.69. The van der Waals surface area contributed by atoms with Crippen molar-refractivity contribution in [3.63, 3.8) is 0 Å². The Morgan fingerprint density at radius 2 is 1.32 bits per heavy atom. The molecule has 1 aliphatic carbocycles. The molecule has 5 nitrogen and oxygen atoms in total. The third kappa shape index (κ3) is 4.74. The maximum atomic E-state index is 4.69. The molecule has 0 aromatic carbocycles. The molecule has 2 bridgehead atoms. The fraction of sp³-hybridized carbons (Fsp3) is 0.706. The van der Waals surface area contributed by atoms with E-state index in [0.717, 1.165) is 50.7 Å². The third-order valence-corrected chi connectivity index (χ3v) is 4.66. The normalized spacial score (nSPS) is 28.2.